The SMILES string of the molecule is NC(=O)[C@H]1CCCN(S(=O)(=O)c2ccc(Oc3ccc(F)cc3)cc2)C1. The first-order chi connectivity index (χ1) is 12.4. The van der Waals surface area contributed by atoms with Crippen LogP contribution in [0, 0.1) is 11.7 Å². The maximum Gasteiger partial charge on any atom is 0.243 e. The standard InChI is InChI=1S/C18H19FN2O4S/c19-14-3-5-15(6-4-14)25-16-7-9-17(10-8-16)26(23,24)21-11-1-2-13(12-21)18(20)22/h3-10,13H,1-2,11-12H2,(H2,20,22)/t13-/m0/s1. The van der Waals surface area contributed by atoms with Crippen LogP contribution in [0.5, 0.6) is 11.5 Å². The summed E-state index contributed by atoms with van der Waals surface area (Å²) in [6.07, 6.45) is 1.20. The average molecular weight is 378 g/mol. The van der Waals surface area contributed by atoms with Gasteiger partial charge in [-0.2, -0.15) is 4.31 Å². The second-order valence-corrected chi connectivity index (χ2v) is 8.07. The average Bonchev–Trinajstić information content (AvgIpc) is 2.64. The third-order valence-corrected chi connectivity index (χ3v) is 6.18. The van der Waals surface area contributed by atoms with Gasteiger partial charge in [0.25, 0.3) is 0 Å². The number of halogens is 1. The van der Waals surface area contributed by atoms with Crippen molar-refractivity contribution in [3.63, 3.8) is 0 Å². The highest BCUT2D eigenvalue weighted by atomic mass is 32.2. The summed E-state index contributed by atoms with van der Waals surface area (Å²) >= 11 is 0. The Hall–Kier alpha value is -2.45. The Morgan fingerprint density at radius 2 is 1.65 bits per heavy atom. The number of nitrogens with two attached hydrogens (primary N) is 1. The fourth-order valence-electron chi connectivity index (χ4n) is 2.86. The summed E-state index contributed by atoms with van der Waals surface area (Å²) in [5.74, 6) is -0.423. The van der Waals surface area contributed by atoms with Gasteiger partial charge < -0.3 is 10.5 Å². The van der Waals surface area contributed by atoms with Crippen LogP contribution in [0.1, 0.15) is 12.8 Å². The molecule has 1 fully saturated rings. The van der Waals surface area contributed by atoms with Crippen molar-refractivity contribution in [1.29, 1.82) is 0 Å². The first kappa shape index (κ1) is 18.3. The van der Waals surface area contributed by atoms with Crippen LogP contribution < -0.4 is 10.5 Å². The molecule has 0 bridgehead atoms. The van der Waals surface area contributed by atoms with Crippen LogP contribution in [0.15, 0.2) is 53.4 Å². The van der Waals surface area contributed by atoms with Gasteiger partial charge in [0.1, 0.15) is 17.3 Å². The zero-order chi connectivity index (χ0) is 18.7. The largest absolute Gasteiger partial charge is 0.457 e. The maximum atomic E-state index is 12.9. The molecule has 0 aromatic heterocycles. The first-order valence-electron chi connectivity index (χ1n) is 8.19. The number of primary amides is 1. The number of amides is 1. The molecule has 1 amide bonds. The quantitative estimate of drug-likeness (QED) is 0.866. The number of nitrogens with zero attached hydrogens (tertiary/aromatic N) is 1. The molecule has 3 rings (SSSR count). The van der Waals surface area contributed by atoms with Gasteiger partial charge in [-0.3, -0.25) is 4.79 Å². The summed E-state index contributed by atoms with van der Waals surface area (Å²) in [5.41, 5.74) is 5.31. The predicted octanol–water partition coefficient (Wildman–Crippen LogP) is 2.50. The van der Waals surface area contributed by atoms with Gasteiger partial charge in [-0.05, 0) is 61.4 Å². The molecule has 26 heavy (non-hydrogen) atoms. The molecule has 0 unspecified atom stereocenters. The van der Waals surface area contributed by atoms with Crippen molar-refractivity contribution in [3.8, 4) is 11.5 Å². The van der Waals surface area contributed by atoms with Gasteiger partial charge in [-0.25, -0.2) is 12.8 Å². The number of hydrogen-bond acceptors (Lipinski definition) is 4. The zero-order valence-corrected chi connectivity index (χ0v) is 14.8. The second kappa shape index (κ2) is 7.43. The monoisotopic (exact) mass is 378 g/mol. The van der Waals surface area contributed by atoms with Crippen LogP contribution in [0.3, 0.4) is 0 Å². The molecule has 1 heterocycles. The molecule has 2 aromatic rings. The van der Waals surface area contributed by atoms with Crippen molar-refractivity contribution in [2.24, 2.45) is 11.7 Å². The molecule has 0 saturated carbocycles. The molecule has 0 spiro atoms. The second-order valence-electron chi connectivity index (χ2n) is 6.13. The van der Waals surface area contributed by atoms with Crippen LogP contribution >= 0.6 is 0 Å². The molecule has 2 N–H and O–H groups in total. The molecule has 1 saturated heterocycles. The number of carbonyl (C=O) groups is 1. The van der Waals surface area contributed by atoms with Gasteiger partial charge in [0.2, 0.25) is 15.9 Å². The minimum absolute atomic E-state index is 0.103. The Labute approximate surface area is 151 Å². The van der Waals surface area contributed by atoms with E-state index in [2.05, 4.69) is 0 Å². The van der Waals surface area contributed by atoms with Gasteiger partial charge in [0.05, 0.1) is 10.8 Å². The normalized spacial score (nSPS) is 18.4. The number of piperidine rings is 1. The predicted molar refractivity (Wildman–Crippen MR) is 93.6 cm³/mol. The van der Waals surface area contributed by atoms with Crippen molar-refractivity contribution in [1.82, 2.24) is 4.31 Å². The lowest BCUT2D eigenvalue weighted by Gasteiger charge is -2.30. The van der Waals surface area contributed by atoms with E-state index in [0.29, 0.717) is 30.9 Å². The Balaban J connectivity index is 1.74. The van der Waals surface area contributed by atoms with Crippen LogP contribution in [0.2, 0.25) is 0 Å². The van der Waals surface area contributed by atoms with E-state index in [-0.39, 0.29) is 17.3 Å². The molecule has 0 radical (unpaired) electrons. The van der Waals surface area contributed by atoms with Crippen molar-refractivity contribution >= 4 is 15.9 Å². The lowest BCUT2D eigenvalue weighted by molar-refractivity contribution is -0.122. The Morgan fingerprint density at radius 3 is 2.23 bits per heavy atom. The molecule has 138 valence electrons. The van der Waals surface area contributed by atoms with Crippen LogP contribution in [0.4, 0.5) is 4.39 Å². The highest BCUT2D eigenvalue weighted by Crippen LogP contribution is 2.27. The molecule has 1 atom stereocenters. The first-order valence-corrected chi connectivity index (χ1v) is 9.63. The molecular weight excluding hydrogens is 359 g/mol. The number of benzene rings is 2. The topological polar surface area (TPSA) is 89.7 Å². The lowest BCUT2D eigenvalue weighted by Crippen LogP contribution is -2.43. The third kappa shape index (κ3) is 4.03. The molecule has 1 aliphatic heterocycles. The van der Waals surface area contributed by atoms with Crippen molar-refractivity contribution < 1.29 is 22.3 Å². The number of carbonyl (C=O) groups excluding carboxylic acids is 1. The van der Waals surface area contributed by atoms with Crippen LogP contribution in [-0.4, -0.2) is 31.7 Å². The minimum atomic E-state index is -3.70. The van der Waals surface area contributed by atoms with E-state index < -0.39 is 21.8 Å². The van der Waals surface area contributed by atoms with Gasteiger partial charge in [-0.15, -0.1) is 0 Å². The molecule has 0 aliphatic carbocycles. The summed E-state index contributed by atoms with van der Waals surface area (Å²) < 4.78 is 45.3. The number of rotatable bonds is 5. The summed E-state index contributed by atoms with van der Waals surface area (Å²) in [4.78, 5) is 11.5. The molecular formula is C18H19FN2O4S. The highest BCUT2D eigenvalue weighted by Gasteiger charge is 2.32. The van der Waals surface area contributed by atoms with E-state index in [1.165, 1.54) is 52.8 Å². The van der Waals surface area contributed by atoms with E-state index >= 15 is 0 Å². The Kier molecular flexibility index (Phi) is 5.24. The van der Waals surface area contributed by atoms with Crippen LogP contribution in [-0.2, 0) is 14.8 Å². The molecule has 1 aliphatic rings. The molecule has 2 aromatic carbocycles. The fourth-order valence-corrected chi connectivity index (χ4v) is 4.38. The van der Waals surface area contributed by atoms with Crippen LogP contribution in [0.25, 0.3) is 0 Å². The van der Waals surface area contributed by atoms with Gasteiger partial charge in [0, 0.05) is 13.1 Å². The summed E-state index contributed by atoms with van der Waals surface area (Å²) in [7, 11) is -3.70. The Morgan fingerprint density at radius 1 is 1.08 bits per heavy atom. The van der Waals surface area contributed by atoms with Gasteiger partial charge in [0.15, 0.2) is 0 Å². The van der Waals surface area contributed by atoms with E-state index in [1.807, 2.05) is 0 Å². The maximum absolute atomic E-state index is 12.9. The number of ether oxygens (including phenoxy) is 1. The number of sulfonamides is 1. The Bertz CT molecular complexity index is 882. The van der Waals surface area contributed by atoms with Crippen molar-refractivity contribution in [2.75, 3.05) is 13.1 Å². The zero-order valence-electron chi connectivity index (χ0n) is 14.0. The van der Waals surface area contributed by atoms with E-state index in [4.69, 9.17) is 10.5 Å². The van der Waals surface area contributed by atoms with Gasteiger partial charge >= 0.3 is 0 Å². The summed E-state index contributed by atoms with van der Waals surface area (Å²) in [6, 6.07) is 11.5. The fraction of sp³-hybridized carbons (Fsp3) is 0.278. The smallest absolute Gasteiger partial charge is 0.243 e. The van der Waals surface area contributed by atoms with Crippen molar-refractivity contribution in [2.45, 2.75) is 17.7 Å². The summed E-state index contributed by atoms with van der Waals surface area (Å²) in [5, 5.41) is 0. The van der Waals surface area contributed by atoms with Gasteiger partial charge in [-0.1, -0.05) is 0 Å². The minimum Gasteiger partial charge on any atom is -0.457 e. The van der Waals surface area contributed by atoms with E-state index in [9.17, 15) is 17.6 Å². The van der Waals surface area contributed by atoms with E-state index in [0.717, 1.165) is 0 Å². The third-order valence-electron chi connectivity index (χ3n) is 4.30. The highest BCUT2D eigenvalue weighted by molar-refractivity contribution is 7.89. The molecule has 6 nitrogen and oxygen atoms in total. The number of hydrogen-bond donors (Lipinski definition) is 1. The van der Waals surface area contributed by atoms with Crippen molar-refractivity contribution in [3.05, 3.63) is 54.3 Å². The summed E-state index contributed by atoms with van der Waals surface area (Å²) in [6.45, 7) is 0.464. The lowest BCUT2D eigenvalue weighted by atomic mass is 9.99. The molecule has 8 heteroatoms. The van der Waals surface area contributed by atoms with E-state index in [1.54, 1.807) is 0 Å².